The van der Waals surface area contributed by atoms with Crippen LogP contribution >= 0.6 is 23.2 Å². The lowest BCUT2D eigenvalue weighted by Crippen LogP contribution is -2.02. The molecule has 2 N–H and O–H groups in total. The van der Waals surface area contributed by atoms with Gasteiger partial charge in [-0.3, -0.25) is 0 Å². The molecule has 28 heavy (non-hydrogen) atoms. The zero-order valence-corrected chi connectivity index (χ0v) is 15.2. The molecule has 2 aromatic heterocycles. The molecule has 4 aromatic rings. The molecule has 2 aromatic carbocycles. The zero-order valence-electron chi connectivity index (χ0n) is 13.7. The molecule has 0 aliphatic carbocycles. The van der Waals surface area contributed by atoms with Crippen LogP contribution in [-0.2, 0) is 0 Å². The lowest BCUT2D eigenvalue weighted by molar-refractivity contribution is 0.144. The number of ether oxygens (including phenoxy) is 2. The fourth-order valence-electron chi connectivity index (χ4n) is 2.43. The summed E-state index contributed by atoms with van der Waals surface area (Å²) in [5.41, 5.74) is 1.11. The first kappa shape index (κ1) is 18.1. The molecule has 0 spiro atoms. The molecule has 0 unspecified atom stereocenters. The van der Waals surface area contributed by atoms with Crippen LogP contribution < -0.4 is 9.47 Å². The van der Waals surface area contributed by atoms with Gasteiger partial charge in [0.05, 0.1) is 33.5 Å². The summed E-state index contributed by atoms with van der Waals surface area (Å²) in [6.45, 7) is 0. The minimum atomic E-state index is -1.45. The number of aromatic amines is 1. The van der Waals surface area contributed by atoms with Gasteiger partial charge in [0.2, 0.25) is 5.95 Å². The summed E-state index contributed by atoms with van der Waals surface area (Å²) in [6.07, 6.45) is 1.14. The van der Waals surface area contributed by atoms with E-state index in [1.54, 1.807) is 12.1 Å². The van der Waals surface area contributed by atoms with Crippen LogP contribution in [0.1, 0.15) is 0 Å². The van der Waals surface area contributed by atoms with Crippen LogP contribution in [0.25, 0.3) is 17.0 Å². The van der Waals surface area contributed by atoms with Crippen molar-refractivity contribution in [1.29, 1.82) is 0 Å². The van der Waals surface area contributed by atoms with Crippen molar-refractivity contribution >= 4 is 40.4 Å². The third-order valence-electron chi connectivity index (χ3n) is 3.62. The number of carbonyl (C=O) groups is 1. The number of benzene rings is 2. The van der Waals surface area contributed by atoms with Crippen LogP contribution in [0.15, 0.2) is 42.7 Å². The molecule has 11 heteroatoms. The highest BCUT2D eigenvalue weighted by Crippen LogP contribution is 2.34. The van der Waals surface area contributed by atoms with Crippen molar-refractivity contribution in [3.05, 3.63) is 58.6 Å². The van der Waals surface area contributed by atoms with Crippen LogP contribution in [0, 0.1) is 5.82 Å². The molecular formula is C17H9Cl2FN4O4. The van der Waals surface area contributed by atoms with Gasteiger partial charge in [-0.25, -0.2) is 18.9 Å². The number of fused-ring (bicyclic) bond motifs is 1. The maximum absolute atomic E-state index is 13.3. The van der Waals surface area contributed by atoms with Gasteiger partial charge in [0, 0.05) is 12.1 Å². The summed E-state index contributed by atoms with van der Waals surface area (Å²) >= 11 is 12.0. The average Bonchev–Trinajstić information content (AvgIpc) is 3.24. The molecular weight excluding hydrogens is 414 g/mol. The Morgan fingerprint density at radius 2 is 2.00 bits per heavy atom. The normalized spacial score (nSPS) is 11.0. The largest absolute Gasteiger partial charge is 0.511 e. The number of H-pyrrole nitrogens is 1. The fraction of sp³-hybridized carbons (Fsp3) is 0. The number of nitrogens with one attached hydrogen (secondary N) is 1. The van der Waals surface area contributed by atoms with Crippen molar-refractivity contribution in [3.8, 4) is 23.2 Å². The number of halogens is 3. The third-order valence-corrected chi connectivity index (χ3v) is 4.21. The minimum Gasteiger partial charge on any atom is -0.456 e. The van der Waals surface area contributed by atoms with E-state index in [1.807, 2.05) is 0 Å². The Hall–Kier alpha value is -3.30. The van der Waals surface area contributed by atoms with Crippen molar-refractivity contribution in [2.24, 2.45) is 0 Å². The highest BCUT2D eigenvalue weighted by Gasteiger charge is 2.13. The van der Waals surface area contributed by atoms with Crippen molar-refractivity contribution < 1.29 is 23.8 Å². The zero-order chi connectivity index (χ0) is 19.8. The maximum Gasteiger partial charge on any atom is 0.511 e. The summed E-state index contributed by atoms with van der Waals surface area (Å²) in [4.78, 5) is 18.0. The van der Waals surface area contributed by atoms with Gasteiger partial charge in [0.15, 0.2) is 5.75 Å². The molecule has 0 bridgehead atoms. The molecule has 0 aliphatic heterocycles. The summed E-state index contributed by atoms with van der Waals surface area (Å²) in [7, 11) is 0. The van der Waals surface area contributed by atoms with E-state index in [0.717, 1.165) is 0 Å². The first-order valence-electron chi connectivity index (χ1n) is 7.67. The molecule has 4 rings (SSSR count). The predicted octanol–water partition coefficient (Wildman–Crippen LogP) is 5.04. The van der Waals surface area contributed by atoms with Gasteiger partial charge in [-0.15, -0.1) is 0 Å². The van der Waals surface area contributed by atoms with Gasteiger partial charge in [-0.05, 0) is 18.2 Å². The third kappa shape index (κ3) is 3.57. The molecule has 0 radical (unpaired) electrons. The Kier molecular flexibility index (Phi) is 4.54. The van der Waals surface area contributed by atoms with Crippen LogP contribution in [0.4, 0.5) is 9.18 Å². The van der Waals surface area contributed by atoms with E-state index < -0.39 is 12.0 Å². The first-order valence-corrected chi connectivity index (χ1v) is 8.42. The van der Waals surface area contributed by atoms with Gasteiger partial charge in [-0.1, -0.05) is 23.2 Å². The van der Waals surface area contributed by atoms with Gasteiger partial charge in [0.25, 0.3) is 0 Å². The number of nitrogens with zero attached hydrogens (tertiary/aromatic N) is 3. The molecule has 2 heterocycles. The van der Waals surface area contributed by atoms with Gasteiger partial charge in [0.1, 0.15) is 17.3 Å². The Labute approximate surface area is 166 Å². The quantitative estimate of drug-likeness (QED) is 0.446. The smallest absolute Gasteiger partial charge is 0.456 e. The van der Waals surface area contributed by atoms with E-state index in [0.29, 0.717) is 33.5 Å². The highest BCUT2D eigenvalue weighted by molar-refractivity contribution is 6.32. The number of hydrogen-bond donors (Lipinski definition) is 2. The van der Waals surface area contributed by atoms with E-state index in [-0.39, 0.29) is 10.8 Å². The van der Waals surface area contributed by atoms with E-state index in [2.05, 4.69) is 19.8 Å². The molecule has 0 amide bonds. The summed E-state index contributed by atoms with van der Waals surface area (Å²) < 4.78 is 24.8. The van der Waals surface area contributed by atoms with Gasteiger partial charge in [-0.2, -0.15) is 5.10 Å². The molecule has 0 atom stereocenters. The summed E-state index contributed by atoms with van der Waals surface area (Å²) in [5, 5.41) is 12.8. The number of aromatic nitrogens is 4. The fourth-order valence-corrected chi connectivity index (χ4v) is 2.80. The minimum absolute atomic E-state index is 0.0446. The second kappa shape index (κ2) is 7.02. The molecule has 0 saturated heterocycles. The number of rotatable bonds is 4. The monoisotopic (exact) mass is 422 g/mol. The van der Waals surface area contributed by atoms with E-state index >= 15 is 0 Å². The molecule has 0 saturated carbocycles. The van der Waals surface area contributed by atoms with Gasteiger partial charge < -0.3 is 19.6 Å². The van der Waals surface area contributed by atoms with Crippen molar-refractivity contribution in [3.63, 3.8) is 0 Å². The van der Waals surface area contributed by atoms with E-state index in [1.165, 1.54) is 35.3 Å². The second-order valence-corrected chi connectivity index (χ2v) is 6.34. The van der Waals surface area contributed by atoms with Crippen molar-refractivity contribution in [2.45, 2.75) is 0 Å². The van der Waals surface area contributed by atoms with Crippen LogP contribution in [0.2, 0.25) is 10.0 Å². The number of hydrogen-bond acceptors (Lipinski definition) is 5. The molecule has 142 valence electrons. The van der Waals surface area contributed by atoms with Crippen molar-refractivity contribution in [2.75, 3.05) is 0 Å². The lowest BCUT2D eigenvalue weighted by atomic mass is 10.3. The molecule has 8 nitrogen and oxygen atoms in total. The average molecular weight is 423 g/mol. The number of imidazole rings is 1. The highest BCUT2D eigenvalue weighted by atomic mass is 35.5. The topological polar surface area (TPSA) is 102 Å². The number of carboxylic acid groups (broad SMARTS) is 1. The van der Waals surface area contributed by atoms with Gasteiger partial charge >= 0.3 is 6.16 Å². The Bertz CT molecular complexity index is 1210. The van der Waals surface area contributed by atoms with Crippen LogP contribution in [0.3, 0.4) is 0 Å². The Balaban J connectivity index is 1.65. The van der Waals surface area contributed by atoms with Crippen molar-refractivity contribution in [1.82, 2.24) is 19.7 Å². The second-order valence-electron chi connectivity index (χ2n) is 5.53. The van der Waals surface area contributed by atoms with E-state index in [4.69, 9.17) is 33.0 Å². The van der Waals surface area contributed by atoms with Crippen LogP contribution in [0.5, 0.6) is 17.2 Å². The molecule has 0 aliphatic rings. The molecule has 0 fully saturated rings. The Morgan fingerprint density at radius 3 is 2.75 bits per heavy atom. The first-order chi connectivity index (χ1) is 13.4. The Morgan fingerprint density at radius 1 is 1.18 bits per heavy atom. The summed E-state index contributed by atoms with van der Waals surface area (Å²) in [6, 6.07) is 7.14. The lowest BCUT2D eigenvalue weighted by Gasteiger charge is -2.08. The predicted molar refractivity (Wildman–Crippen MR) is 98.4 cm³/mol. The summed E-state index contributed by atoms with van der Waals surface area (Å²) in [5.74, 6) is 0.408. The van der Waals surface area contributed by atoms with E-state index in [9.17, 15) is 9.18 Å². The standard InChI is InChI=1S/C17H9Cl2FN4O4/c18-10-3-8(1-2-12(10)20)27-15-5-14-13(4-11(15)19)22-16(23-14)24-7-9(6-21-24)28-17(25)26/h1-7H,(H,22,23)(H,25,26). The SMILES string of the molecule is O=C(O)Oc1cnn(-c2nc3cc(Oc4ccc(F)c(Cl)c4)c(Cl)cc3[nH]2)c1. The maximum atomic E-state index is 13.3. The van der Waals surface area contributed by atoms with Crippen LogP contribution in [-0.4, -0.2) is 31.0 Å².